The Morgan fingerprint density at radius 3 is 3.05 bits per heavy atom. The lowest BCUT2D eigenvalue weighted by Crippen LogP contribution is -2.20. The van der Waals surface area contributed by atoms with Crippen LogP contribution in [-0.2, 0) is 6.42 Å². The Balaban J connectivity index is 0.00000147. The Morgan fingerprint density at radius 1 is 1.60 bits per heavy atom. The van der Waals surface area contributed by atoms with Crippen molar-refractivity contribution in [1.29, 1.82) is 0 Å². The topological polar surface area (TPSA) is 41.6 Å². The van der Waals surface area contributed by atoms with Crippen LogP contribution in [0.1, 0.15) is 29.9 Å². The van der Waals surface area contributed by atoms with E-state index >= 15 is 0 Å². The summed E-state index contributed by atoms with van der Waals surface area (Å²) >= 11 is 11.5. The number of anilines is 1. The number of hydrogen-bond donors (Lipinski definition) is 1. The van der Waals surface area contributed by atoms with E-state index in [4.69, 9.17) is 17.3 Å². The van der Waals surface area contributed by atoms with Gasteiger partial charge in [-0.05, 0) is 42.7 Å². The Morgan fingerprint density at radius 2 is 2.35 bits per heavy atom. The molecule has 20 heavy (non-hydrogen) atoms. The monoisotopic (exact) mass is 395 g/mol. The molecule has 1 aromatic carbocycles. The first-order valence-corrected chi connectivity index (χ1v) is 8.67. The minimum Gasteiger partial charge on any atom is -0.377 e. The summed E-state index contributed by atoms with van der Waals surface area (Å²) in [6.45, 7) is 0.889. The van der Waals surface area contributed by atoms with Crippen LogP contribution >= 0.6 is 51.7 Å². The van der Waals surface area contributed by atoms with E-state index in [-0.39, 0.29) is 12.4 Å². The van der Waals surface area contributed by atoms with Crippen LogP contribution in [0.5, 0.6) is 0 Å². The van der Waals surface area contributed by atoms with Gasteiger partial charge in [-0.15, -0.1) is 17.5 Å². The minimum absolute atomic E-state index is 0. The second kappa shape index (κ2) is 6.34. The summed E-state index contributed by atoms with van der Waals surface area (Å²) < 4.78 is 1.13. The lowest BCUT2D eigenvalue weighted by Gasteiger charge is -2.21. The van der Waals surface area contributed by atoms with Crippen molar-refractivity contribution in [2.75, 3.05) is 17.8 Å². The van der Waals surface area contributed by atoms with Crippen molar-refractivity contribution in [3.63, 3.8) is 0 Å². The van der Waals surface area contributed by atoms with Crippen LogP contribution in [0.3, 0.4) is 0 Å². The molecule has 1 unspecified atom stereocenters. The lowest BCUT2D eigenvalue weighted by molar-refractivity contribution is 0.574. The highest BCUT2D eigenvalue weighted by Gasteiger charge is 2.36. The van der Waals surface area contributed by atoms with Gasteiger partial charge in [-0.2, -0.15) is 0 Å². The zero-order valence-corrected chi connectivity index (χ0v) is 15.0. The van der Waals surface area contributed by atoms with Gasteiger partial charge in [0.15, 0.2) is 5.17 Å². The number of nitrogens with two attached hydrogens (primary N) is 1. The van der Waals surface area contributed by atoms with Crippen LogP contribution in [0, 0.1) is 0 Å². The van der Waals surface area contributed by atoms with Crippen molar-refractivity contribution in [3.8, 4) is 0 Å². The molecule has 0 amide bonds. The standard InChI is InChI=1S/C13H15BrClN3S.ClH/c1-19-13(16)17-18-6-7-3-2-4-8-9(14)5-10(15)12(18)11(7)8;/h5,7H,2-4,6H2,1H3,(H2,16,17);1H. The molecule has 3 rings (SSSR count). The van der Waals surface area contributed by atoms with Crippen LogP contribution in [-0.4, -0.2) is 18.0 Å². The largest absolute Gasteiger partial charge is 0.377 e. The fourth-order valence-corrected chi connectivity index (χ4v) is 4.29. The average Bonchev–Trinajstić information content (AvgIpc) is 2.75. The third-order valence-corrected chi connectivity index (χ3v) is 5.31. The van der Waals surface area contributed by atoms with E-state index in [9.17, 15) is 0 Å². The molecule has 7 heteroatoms. The summed E-state index contributed by atoms with van der Waals surface area (Å²) in [5.41, 5.74) is 9.68. The quantitative estimate of drug-likeness (QED) is 0.566. The summed E-state index contributed by atoms with van der Waals surface area (Å²) in [6, 6.07) is 1.99. The molecule has 0 saturated carbocycles. The van der Waals surface area contributed by atoms with E-state index < -0.39 is 0 Å². The van der Waals surface area contributed by atoms with Crippen LogP contribution in [0.15, 0.2) is 15.6 Å². The number of benzene rings is 1. The summed E-state index contributed by atoms with van der Waals surface area (Å²) in [5.74, 6) is 0.534. The Hall–Kier alpha value is -0.100. The zero-order valence-electron chi connectivity index (χ0n) is 11.0. The molecule has 0 aromatic heterocycles. The van der Waals surface area contributed by atoms with Crippen LogP contribution in [0.4, 0.5) is 5.69 Å². The van der Waals surface area contributed by atoms with Crippen molar-refractivity contribution in [2.45, 2.75) is 25.2 Å². The first-order chi connectivity index (χ1) is 9.11. The van der Waals surface area contributed by atoms with Gasteiger partial charge in [0.1, 0.15) is 0 Å². The van der Waals surface area contributed by atoms with Gasteiger partial charge in [-0.1, -0.05) is 39.3 Å². The summed E-state index contributed by atoms with van der Waals surface area (Å²) in [7, 11) is 0. The smallest absolute Gasteiger partial charge is 0.178 e. The van der Waals surface area contributed by atoms with Crippen molar-refractivity contribution in [3.05, 3.63) is 26.7 Å². The molecule has 1 atom stereocenters. The van der Waals surface area contributed by atoms with Crippen LogP contribution < -0.4 is 10.7 Å². The van der Waals surface area contributed by atoms with Gasteiger partial charge in [0.25, 0.3) is 0 Å². The Kier molecular flexibility index (Phi) is 5.16. The molecular formula is C13H16BrCl2N3S. The van der Waals surface area contributed by atoms with Gasteiger partial charge in [0.2, 0.25) is 0 Å². The van der Waals surface area contributed by atoms with E-state index in [1.54, 1.807) is 0 Å². The van der Waals surface area contributed by atoms with E-state index in [2.05, 4.69) is 21.0 Å². The molecule has 1 aliphatic carbocycles. The molecule has 110 valence electrons. The normalized spacial score (nSPS) is 20.6. The maximum absolute atomic E-state index is 6.43. The highest BCUT2D eigenvalue weighted by molar-refractivity contribution is 9.10. The molecule has 1 heterocycles. The number of nitrogens with zero attached hydrogens (tertiary/aromatic N) is 2. The number of hydrogen-bond acceptors (Lipinski definition) is 3. The molecule has 2 N–H and O–H groups in total. The van der Waals surface area contributed by atoms with E-state index in [1.807, 2.05) is 17.3 Å². The van der Waals surface area contributed by atoms with Crippen molar-refractivity contribution >= 4 is 62.6 Å². The van der Waals surface area contributed by atoms with Crippen molar-refractivity contribution in [2.24, 2.45) is 10.8 Å². The first-order valence-electron chi connectivity index (χ1n) is 6.28. The average molecular weight is 397 g/mol. The molecule has 1 aliphatic heterocycles. The fraction of sp³-hybridized carbons (Fsp3) is 0.462. The molecule has 0 spiro atoms. The first kappa shape index (κ1) is 16.3. The predicted molar refractivity (Wildman–Crippen MR) is 94.6 cm³/mol. The summed E-state index contributed by atoms with van der Waals surface area (Å²) in [5, 5.41) is 7.80. The highest BCUT2D eigenvalue weighted by Crippen LogP contribution is 2.50. The molecule has 0 fully saturated rings. The molecule has 3 nitrogen and oxygen atoms in total. The number of amidine groups is 1. The molecule has 0 radical (unpaired) electrons. The van der Waals surface area contributed by atoms with E-state index in [1.165, 1.54) is 35.7 Å². The lowest BCUT2D eigenvalue weighted by atomic mass is 9.84. The minimum atomic E-state index is 0. The second-order valence-corrected chi connectivity index (χ2v) is 6.98. The fourth-order valence-electron chi connectivity index (χ4n) is 3.03. The third kappa shape index (κ3) is 2.65. The second-order valence-electron chi connectivity index (χ2n) is 4.89. The predicted octanol–water partition coefficient (Wildman–Crippen LogP) is 4.36. The molecule has 0 bridgehead atoms. The van der Waals surface area contributed by atoms with Gasteiger partial charge >= 0.3 is 0 Å². The highest BCUT2D eigenvalue weighted by atomic mass is 79.9. The number of hydrazone groups is 1. The van der Waals surface area contributed by atoms with E-state index in [0.29, 0.717) is 11.1 Å². The van der Waals surface area contributed by atoms with Gasteiger partial charge in [-0.25, -0.2) is 0 Å². The van der Waals surface area contributed by atoms with Crippen molar-refractivity contribution in [1.82, 2.24) is 0 Å². The SMILES string of the molecule is CSC(N)=NN1CC2CCCc3c(Br)cc(Cl)c1c32.Cl. The van der Waals surface area contributed by atoms with Gasteiger partial charge in [-0.3, -0.25) is 5.01 Å². The molecule has 1 aromatic rings. The Bertz CT molecular complexity index is 565. The number of thioether (sulfide) groups is 1. The van der Waals surface area contributed by atoms with Crippen LogP contribution in [0.25, 0.3) is 0 Å². The van der Waals surface area contributed by atoms with Gasteiger partial charge in [0.05, 0.1) is 10.7 Å². The summed E-state index contributed by atoms with van der Waals surface area (Å²) in [4.78, 5) is 0. The molecular weight excluding hydrogens is 381 g/mol. The summed E-state index contributed by atoms with van der Waals surface area (Å²) in [6.07, 6.45) is 5.48. The number of halogens is 3. The van der Waals surface area contributed by atoms with E-state index in [0.717, 1.165) is 28.1 Å². The zero-order chi connectivity index (χ0) is 13.6. The molecule has 2 aliphatic rings. The van der Waals surface area contributed by atoms with Gasteiger partial charge in [0, 0.05) is 16.9 Å². The Labute approximate surface area is 142 Å². The van der Waals surface area contributed by atoms with Gasteiger partial charge < -0.3 is 5.73 Å². The van der Waals surface area contributed by atoms with Crippen molar-refractivity contribution < 1.29 is 0 Å². The van der Waals surface area contributed by atoms with Crippen LogP contribution in [0.2, 0.25) is 5.02 Å². The third-order valence-electron chi connectivity index (χ3n) is 3.82. The maximum Gasteiger partial charge on any atom is 0.178 e. The number of rotatable bonds is 1. The maximum atomic E-state index is 6.43. The molecule has 0 saturated heterocycles.